The molecular formula is C30H46O6. The Balaban J connectivity index is 1.64. The van der Waals surface area contributed by atoms with Gasteiger partial charge in [-0.3, -0.25) is 9.59 Å². The maximum Gasteiger partial charge on any atom is 0.314 e. The Labute approximate surface area is 215 Å². The summed E-state index contributed by atoms with van der Waals surface area (Å²) in [5.41, 5.74) is -2.08. The Hall–Kier alpha value is -1.40. The molecule has 6 nitrogen and oxygen atoms in total. The van der Waals surface area contributed by atoms with E-state index >= 15 is 0 Å². The number of fused-ring (bicyclic) bond motifs is 7. The highest BCUT2D eigenvalue weighted by Gasteiger charge is 2.73. The van der Waals surface area contributed by atoms with E-state index in [2.05, 4.69) is 40.7 Å². The summed E-state index contributed by atoms with van der Waals surface area (Å²) in [7, 11) is 0. The number of carboxylic acids is 2. The van der Waals surface area contributed by atoms with Gasteiger partial charge in [0.2, 0.25) is 0 Å². The first-order valence-electron chi connectivity index (χ1n) is 14.2. The lowest BCUT2D eigenvalue weighted by Crippen LogP contribution is -2.68. The van der Waals surface area contributed by atoms with Crippen molar-refractivity contribution in [2.75, 3.05) is 0 Å². The summed E-state index contributed by atoms with van der Waals surface area (Å²) in [4.78, 5) is 25.7. The average Bonchev–Trinajstić information content (AvgIpc) is 3.16. The van der Waals surface area contributed by atoms with Crippen LogP contribution >= 0.6 is 0 Å². The molecule has 0 bridgehead atoms. The van der Waals surface area contributed by atoms with E-state index in [1.807, 2.05) is 0 Å². The zero-order valence-electron chi connectivity index (χ0n) is 22.9. The Bertz CT molecular complexity index is 1000. The average molecular weight is 503 g/mol. The minimum Gasteiger partial charge on any atom is -0.481 e. The molecule has 6 heteroatoms. The Morgan fingerprint density at radius 1 is 0.889 bits per heavy atom. The third-order valence-electron chi connectivity index (χ3n) is 13.3. The molecule has 0 amide bonds. The fourth-order valence-electron chi connectivity index (χ4n) is 11.2. The molecule has 5 rings (SSSR count). The molecule has 0 aromatic carbocycles. The fourth-order valence-corrected chi connectivity index (χ4v) is 11.2. The Morgan fingerprint density at radius 3 is 2.11 bits per heavy atom. The van der Waals surface area contributed by atoms with E-state index < -0.39 is 40.9 Å². The lowest BCUT2D eigenvalue weighted by Gasteiger charge is -2.68. The molecule has 4 N–H and O–H groups in total. The summed E-state index contributed by atoms with van der Waals surface area (Å²) >= 11 is 0. The number of carboxylic acid groups (broad SMARTS) is 2. The Kier molecular flexibility index (Phi) is 5.69. The van der Waals surface area contributed by atoms with Crippen LogP contribution < -0.4 is 0 Å². The lowest BCUT2D eigenvalue weighted by atomic mass is 9.35. The summed E-state index contributed by atoms with van der Waals surface area (Å²) in [6.45, 7) is 13.5. The number of hydrogen-bond acceptors (Lipinski definition) is 4. The smallest absolute Gasteiger partial charge is 0.314 e. The van der Waals surface area contributed by atoms with Crippen LogP contribution in [-0.2, 0) is 9.59 Å². The number of aliphatic hydroxyl groups is 2. The van der Waals surface area contributed by atoms with Crippen LogP contribution in [0, 0.1) is 56.7 Å². The first-order valence-corrected chi connectivity index (χ1v) is 14.2. The summed E-state index contributed by atoms with van der Waals surface area (Å²) in [6.07, 6.45) is 5.79. The third-order valence-corrected chi connectivity index (χ3v) is 13.3. The normalized spacial score (nSPS) is 54.1. The van der Waals surface area contributed by atoms with E-state index in [-0.39, 0.29) is 23.2 Å². The van der Waals surface area contributed by atoms with E-state index in [1.54, 1.807) is 0 Å². The quantitative estimate of drug-likeness (QED) is 0.398. The molecule has 0 saturated heterocycles. The van der Waals surface area contributed by atoms with Gasteiger partial charge in [0.1, 0.15) is 0 Å². The Morgan fingerprint density at radius 2 is 1.53 bits per heavy atom. The second-order valence-electron chi connectivity index (χ2n) is 14.4. The van der Waals surface area contributed by atoms with Crippen molar-refractivity contribution in [3.8, 4) is 0 Å². The second kappa shape index (κ2) is 7.81. The van der Waals surface area contributed by atoms with Crippen molar-refractivity contribution in [3.63, 3.8) is 0 Å². The van der Waals surface area contributed by atoms with E-state index in [0.29, 0.717) is 29.6 Å². The van der Waals surface area contributed by atoms with Crippen LogP contribution in [-0.4, -0.2) is 44.6 Å². The van der Waals surface area contributed by atoms with Gasteiger partial charge in [-0.15, -0.1) is 0 Å². The number of hydrogen-bond donors (Lipinski definition) is 4. The van der Waals surface area contributed by atoms with Gasteiger partial charge in [-0.25, -0.2) is 0 Å². The highest BCUT2D eigenvalue weighted by molar-refractivity contribution is 5.84. The van der Waals surface area contributed by atoms with Crippen molar-refractivity contribution in [2.45, 2.75) is 105 Å². The summed E-state index contributed by atoms with van der Waals surface area (Å²) in [5.74, 6) is -1.05. The molecule has 0 unspecified atom stereocenters. The van der Waals surface area contributed by atoms with E-state index in [4.69, 9.17) is 0 Å². The van der Waals surface area contributed by atoms with Gasteiger partial charge in [-0.05, 0) is 104 Å². The van der Waals surface area contributed by atoms with E-state index in [0.717, 1.165) is 31.3 Å². The van der Waals surface area contributed by atoms with Gasteiger partial charge >= 0.3 is 11.9 Å². The summed E-state index contributed by atoms with van der Waals surface area (Å²) in [6, 6.07) is 0. The van der Waals surface area contributed by atoms with Crippen molar-refractivity contribution in [1.29, 1.82) is 0 Å². The van der Waals surface area contributed by atoms with Gasteiger partial charge < -0.3 is 20.4 Å². The van der Waals surface area contributed by atoms with Crippen LogP contribution in [0.1, 0.15) is 92.9 Å². The molecule has 4 saturated carbocycles. The van der Waals surface area contributed by atoms with Crippen molar-refractivity contribution < 1.29 is 30.0 Å². The molecule has 0 radical (unpaired) electrons. The standard InChI is InChI=1S/C30H46O6/c1-16(2)17-7-9-21-26(17,3)13-14-27(4)18-8-10-22-29(6,24(33)34)23(32)20(31)15-30(22,25(35)36)19(18)11-12-28(21,27)5/h11,16-18,20-23,31-32H,7-10,12-15H2,1-6H3,(H,33,34)(H,35,36)/t17-,18-,20-,21-,22-,23+,26-,27-,28+,29+,30+/m1/s1. The van der Waals surface area contributed by atoms with Crippen LogP contribution in [0.5, 0.6) is 0 Å². The lowest BCUT2D eigenvalue weighted by molar-refractivity contribution is -0.214. The maximum atomic E-state index is 13.2. The molecule has 0 aromatic heterocycles. The van der Waals surface area contributed by atoms with E-state index in [9.17, 15) is 30.0 Å². The van der Waals surface area contributed by atoms with Gasteiger partial charge in [0.25, 0.3) is 0 Å². The molecule has 0 heterocycles. The number of carbonyl (C=O) groups is 2. The molecular weight excluding hydrogens is 456 g/mol. The highest BCUT2D eigenvalue weighted by atomic mass is 16.4. The van der Waals surface area contributed by atoms with Crippen molar-refractivity contribution >= 4 is 11.9 Å². The number of aliphatic carboxylic acids is 2. The fraction of sp³-hybridized carbons (Fsp3) is 0.867. The van der Waals surface area contributed by atoms with Crippen LogP contribution in [0.25, 0.3) is 0 Å². The maximum absolute atomic E-state index is 13.2. The van der Waals surface area contributed by atoms with Gasteiger partial charge in [0.05, 0.1) is 23.0 Å². The molecule has 0 aliphatic heterocycles. The van der Waals surface area contributed by atoms with Crippen LogP contribution in [0.4, 0.5) is 0 Å². The molecule has 0 spiro atoms. The van der Waals surface area contributed by atoms with Crippen LogP contribution in [0.2, 0.25) is 0 Å². The largest absolute Gasteiger partial charge is 0.481 e. The van der Waals surface area contributed by atoms with Crippen LogP contribution in [0.3, 0.4) is 0 Å². The molecule has 202 valence electrons. The zero-order valence-corrected chi connectivity index (χ0v) is 22.9. The first kappa shape index (κ1) is 26.2. The minimum absolute atomic E-state index is 0.0479. The molecule has 11 atom stereocenters. The molecule has 4 fully saturated rings. The van der Waals surface area contributed by atoms with Gasteiger partial charge in [0.15, 0.2) is 0 Å². The summed E-state index contributed by atoms with van der Waals surface area (Å²) < 4.78 is 0. The predicted molar refractivity (Wildman–Crippen MR) is 136 cm³/mol. The van der Waals surface area contributed by atoms with Crippen LogP contribution in [0.15, 0.2) is 11.6 Å². The molecule has 0 aromatic rings. The van der Waals surface area contributed by atoms with Crippen molar-refractivity contribution in [2.24, 2.45) is 56.7 Å². The first-order chi connectivity index (χ1) is 16.6. The van der Waals surface area contributed by atoms with Gasteiger partial charge in [0, 0.05) is 0 Å². The van der Waals surface area contributed by atoms with Crippen molar-refractivity contribution in [1.82, 2.24) is 0 Å². The molecule has 5 aliphatic carbocycles. The molecule has 5 aliphatic rings. The third kappa shape index (κ3) is 2.81. The van der Waals surface area contributed by atoms with E-state index in [1.165, 1.54) is 19.8 Å². The molecule has 36 heavy (non-hydrogen) atoms. The van der Waals surface area contributed by atoms with Crippen molar-refractivity contribution in [3.05, 3.63) is 11.6 Å². The van der Waals surface area contributed by atoms with Gasteiger partial charge in [-0.1, -0.05) is 46.3 Å². The zero-order chi connectivity index (χ0) is 26.6. The minimum atomic E-state index is -1.72. The monoisotopic (exact) mass is 502 g/mol. The predicted octanol–water partition coefficient (Wildman–Crippen LogP) is 5.13. The SMILES string of the molecule is CC(C)[C@H]1CC[C@@H]2[C@]1(C)CC[C@]1(C)[C@@H]3CC[C@H]4[C@](C(=O)O)(C[C@@H](O)[C@H](O)[C@@]4(C)C(=O)O)C3=CC[C@@]21C. The summed E-state index contributed by atoms with van der Waals surface area (Å²) in [5, 5.41) is 42.7. The highest BCUT2D eigenvalue weighted by Crippen LogP contribution is 2.76. The van der Waals surface area contributed by atoms with Gasteiger partial charge in [-0.2, -0.15) is 0 Å². The topological polar surface area (TPSA) is 115 Å². The number of aliphatic hydroxyl groups excluding tert-OH is 2. The number of allylic oxidation sites excluding steroid dienone is 1. The second-order valence-corrected chi connectivity index (χ2v) is 14.4. The number of rotatable bonds is 3.